The van der Waals surface area contributed by atoms with E-state index in [0.29, 0.717) is 5.56 Å². The minimum Gasteiger partial charge on any atom is -0.465 e. The second kappa shape index (κ2) is 7.93. The van der Waals surface area contributed by atoms with E-state index >= 15 is 0 Å². The number of carbonyl (C=O) groups is 1. The molecule has 0 aliphatic carbocycles. The summed E-state index contributed by atoms with van der Waals surface area (Å²) < 4.78 is 31.8. The van der Waals surface area contributed by atoms with E-state index in [2.05, 4.69) is 4.74 Å². The van der Waals surface area contributed by atoms with Gasteiger partial charge in [0.05, 0.1) is 33.2 Å². The summed E-state index contributed by atoms with van der Waals surface area (Å²) in [6.45, 7) is 3.10. The summed E-state index contributed by atoms with van der Waals surface area (Å²) in [6.07, 6.45) is 0. The minimum atomic E-state index is -4.16. The Kier molecular flexibility index (Phi) is 6.07. The van der Waals surface area contributed by atoms with Crippen LogP contribution in [0.25, 0.3) is 0 Å². The number of nitro benzene ring substituents is 1. The summed E-state index contributed by atoms with van der Waals surface area (Å²) in [5, 5.41) is 11.2. The Labute approximate surface area is 161 Å². The third kappa shape index (κ3) is 4.04. The number of carbonyl (C=O) groups excluding carboxylic acids is 1. The minimum absolute atomic E-state index is 0.00560. The van der Waals surface area contributed by atoms with Crippen molar-refractivity contribution in [2.24, 2.45) is 0 Å². The van der Waals surface area contributed by atoms with Crippen molar-refractivity contribution in [3.63, 3.8) is 0 Å². The van der Waals surface area contributed by atoms with E-state index in [1.54, 1.807) is 6.92 Å². The van der Waals surface area contributed by atoms with Crippen molar-refractivity contribution in [1.29, 1.82) is 0 Å². The number of hydrogen-bond donors (Lipinski definition) is 0. The van der Waals surface area contributed by atoms with Gasteiger partial charge in [-0.2, -0.15) is 0 Å². The number of nitro groups is 1. The van der Waals surface area contributed by atoms with Crippen molar-refractivity contribution >= 4 is 39.0 Å². The smallest absolute Gasteiger partial charge is 0.337 e. The van der Waals surface area contributed by atoms with Crippen molar-refractivity contribution in [1.82, 2.24) is 0 Å². The van der Waals surface area contributed by atoms with Gasteiger partial charge < -0.3 is 4.74 Å². The lowest BCUT2D eigenvalue weighted by Crippen LogP contribution is -2.31. The molecule has 0 atom stereocenters. The molecule has 0 saturated heterocycles. The predicted molar refractivity (Wildman–Crippen MR) is 101 cm³/mol. The first-order valence-electron chi connectivity index (χ1n) is 7.79. The van der Waals surface area contributed by atoms with Gasteiger partial charge in [0.2, 0.25) is 0 Å². The molecule has 10 heteroatoms. The number of sulfonamides is 1. The highest BCUT2D eigenvalue weighted by atomic mass is 35.5. The van der Waals surface area contributed by atoms with Gasteiger partial charge in [-0.15, -0.1) is 0 Å². The molecule has 0 unspecified atom stereocenters. The third-order valence-corrected chi connectivity index (χ3v) is 6.09. The fraction of sp³-hybridized carbons (Fsp3) is 0.235. The van der Waals surface area contributed by atoms with Crippen LogP contribution in [-0.4, -0.2) is 33.0 Å². The van der Waals surface area contributed by atoms with Crippen molar-refractivity contribution in [3.8, 4) is 0 Å². The molecule has 2 rings (SSSR count). The Morgan fingerprint density at radius 3 is 2.48 bits per heavy atom. The van der Waals surface area contributed by atoms with Crippen molar-refractivity contribution in [3.05, 3.63) is 62.7 Å². The topological polar surface area (TPSA) is 107 Å². The molecule has 2 aromatic rings. The lowest BCUT2D eigenvalue weighted by atomic mass is 10.2. The van der Waals surface area contributed by atoms with Crippen molar-refractivity contribution < 1.29 is 22.9 Å². The standard InChI is InChI=1S/C17H17ClN2O6S/c1-4-19(16-9-12(17(21)26-3)6-8-14(16)18)27(24,25)13-7-5-11(2)15(10-13)20(22)23/h5-10H,4H2,1-3H3. The summed E-state index contributed by atoms with van der Waals surface area (Å²) in [5.74, 6) is -0.646. The Balaban J connectivity index is 2.62. The number of aryl methyl sites for hydroxylation is 1. The average molecular weight is 413 g/mol. The molecule has 0 fully saturated rings. The van der Waals surface area contributed by atoms with Gasteiger partial charge in [-0.3, -0.25) is 14.4 Å². The Bertz CT molecular complexity index is 1010. The fourth-order valence-electron chi connectivity index (χ4n) is 2.49. The maximum Gasteiger partial charge on any atom is 0.337 e. The number of rotatable bonds is 6. The lowest BCUT2D eigenvalue weighted by Gasteiger charge is -2.24. The molecule has 0 aliphatic heterocycles. The average Bonchev–Trinajstić information content (AvgIpc) is 2.62. The van der Waals surface area contributed by atoms with E-state index in [9.17, 15) is 23.3 Å². The van der Waals surface area contributed by atoms with E-state index in [0.717, 1.165) is 10.4 Å². The van der Waals surface area contributed by atoms with Gasteiger partial charge in [-0.05, 0) is 38.1 Å². The maximum absolute atomic E-state index is 13.1. The van der Waals surface area contributed by atoms with Crippen LogP contribution in [0.1, 0.15) is 22.8 Å². The number of benzene rings is 2. The van der Waals surface area contributed by atoms with Gasteiger partial charge in [0.15, 0.2) is 0 Å². The zero-order chi connectivity index (χ0) is 20.4. The van der Waals surface area contributed by atoms with Crippen molar-refractivity contribution in [2.75, 3.05) is 18.0 Å². The molecule has 0 saturated carbocycles. The van der Waals surface area contributed by atoms with E-state index in [1.165, 1.54) is 44.4 Å². The molecule has 0 heterocycles. The monoisotopic (exact) mass is 412 g/mol. The Hall–Kier alpha value is -2.65. The van der Waals surface area contributed by atoms with Crippen LogP contribution in [0.3, 0.4) is 0 Å². The predicted octanol–water partition coefficient (Wildman–Crippen LogP) is 3.56. The quantitative estimate of drug-likeness (QED) is 0.408. The van der Waals surface area contributed by atoms with Gasteiger partial charge >= 0.3 is 5.97 Å². The van der Waals surface area contributed by atoms with Crippen molar-refractivity contribution in [2.45, 2.75) is 18.7 Å². The molecule has 27 heavy (non-hydrogen) atoms. The van der Waals surface area contributed by atoms with E-state index in [-0.39, 0.29) is 33.4 Å². The van der Waals surface area contributed by atoms with E-state index < -0.39 is 20.9 Å². The SMILES string of the molecule is CCN(c1cc(C(=O)OC)ccc1Cl)S(=O)(=O)c1ccc(C)c([N+](=O)[O-])c1. The molecule has 0 bridgehead atoms. The second-order valence-corrected chi connectivity index (χ2v) is 7.80. The molecular weight excluding hydrogens is 396 g/mol. The number of methoxy groups -OCH3 is 1. The lowest BCUT2D eigenvalue weighted by molar-refractivity contribution is -0.385. The number of esters is 1. The molecule has 0 aromatic heterocycles. The first-order chi connectivity index (χ1) is 12.6. The maximum atomic E-state index is 13.1. The molecular formula is C17H17ClN2O6S. The van der Waals surface area contributed by atoms with Crippen LogP contribution in [0, 0.1) is 17.0 Å². The van der Waals surface area contributed by atoms with Gasteiger partial charge in [-0.25, -0.2) is 13.2 Å². The van der Waals surface area contributed by atoms with Gasteiger partial charge in [0.25, 0.3) is 15.7 Å². The van der Waals surface area contributed by atoms with E-state index in [1.807, 2.05) is 0 Å². The van der Waals surface area contributed by atoms with Crippen LogP contribution in [0.4, 0.5) is 11.4 Å². The van der Waals surface area contributed by atoms with Gasteiger partial charge in [0, 0.05) is 18.2 Å². The first-order valence-corrected chi connectivity index (χ1v) is 9.61. The third-order valence-electron chi connectivity index (χ3n) is 3.89. The Morgan fingerprint density at radius 2 is 1.93 bits per heavy atom. The van der Waals surface area contributed by atoms with Crippen LogP contribution < -0.4 is 4.31 Å². The molecule has 0 amide bonds. The number of hydrogen-bond acceptors (Lipinski definition) is 6. The summed E-state index contributed by atoms with van der Waals surface area (Å²) in [5.41, 5.74) is 0.236. The molecule has 8 nitrogen and oxygen atoms in total. The molecule has 0 radical (unpaired) electrons. The molecule has 2 aromatic carbocycles. The summed E-state index contributed by atoms with van der Waals surface area (Å²) in [4.78, 5) is 22.0. The highest BCUT2D eigenvalue weighted by molar-refractivity contribution is 7.92. The number of halogens is 1. The number of ether oxygens (including phenoxy) is 1. The van der Waals surface area contributed by atoms with Crippen LogP contribution in [0.2, 0.25) is 5.02 Å². The van der Waals surface area contributed by atoms with Crippen LogP contribution in [0.5, 0.6) is 0 Å². The number of nitrogens with zero attached hydrogens (tertiary/aromatic N) is 2. The normalized spacial score (nSPS) is 11.1. The zero-order valence-corrected chi connectivity index (χ0v) is 16.4. The summed E-state index contributed by atoms with van der Waals surface area (Å²) in [6, 6.07) is 7.76. The van der Waals surface area contributed by atoms with Crippen LogP contribution in [-0.2, 0) is 14.8 Å². The Morgan fingerprint density at radius 1 is 1.26 bits per heavy atom. The molecule has 0 N–H and O–H groups in total. The number of anilines is 1. The fourth-order valence-corrected chi connectivity index (χ4v) is 4.27. The van der Waals surface area contributed by atoms with E-state index in [4.69, 9.17) is 11.6 Å². The highest BCUT2D eigenvalue weighted by Gasteiger charge is 2.28. The molecule has 0 spiro atoms. The molecule has 144 valence electrons. The van der Waals surface area contributed by atoms with Gasteiger partial charge in [0.1, 0.15) is 0 Å². The second-order valence-electron chi connectivity index (χ2n) is 5.53. The van der Waals surface area contributed by atoms with Gasteiger partial charge in [-0.1, -0.05) is 17.7 Å². The summed E-state index contributed by atoms with van der Waals surface area (Å²) in [7, 11) is -2.95. The highest BCUT2D eigenvalue weighted by Crippen LogP contribution is 2.33. The summed E-state index contributed by atoms with van der Waals surface area (Å²) >= 11 is 6.15. The van der Waals surface area contributed by atoms with Crippen LogP contribution >= 0.6 is 11.6 Å². The zero-order valence-electron chi connectivity index (χ0n) is 14.8. The molecule has 0 aliphatic rings. The van der Waals surface area contributed by atoms with Crippen LogP contribution in [0.15, 0.2) is 41.3 Å². The first kappa shape index (κ1) is 20.7. The largest absolute Gasteiger partial charge is 0.465 e.